The summed E-state index contributed by atoms with van der Waals surface area (Å²) in [5.41, 5.74) is 3.60. The van der Waals surface area contributed by atoms with E-state index in [1.165, 1.54) is 0 Å². The minimum Gasteiger partial charge on any atom is -0.352 e. The fourth-order valence-corrected chi connectivity index (χ4v) is 2.68. The topological polar surface area (TPSA) is 70.7 Å². The fraction of sp³-hybridized carbons (Fsp3) is 0.211. The number of aromatic nitrogens is 2. The maximum atomic E-state index is 12.1. The van der Waals surface area contributed by atoms with Gasteiger partial charge in [0.25, 0.3) is 0 Å². The third kappa shape index (κ3) is 3.44. The van der Waals surface area contributed by atoms with Crippen molar-refractivity contribution < 1.29 is 4.79 Å². The number of para-hydroxylation sites is 2. The summed E-state index contributed by atoms with van der Waals surface area (Å²) in [6.45, 7) is 3.02. The molecule has 120 valence electrons. The van der Waals surface area contributed by atoms with Gasteiger partial charge in [-0.05, 0) is 36.8 Å². The van der Waals surface area contributed by atoms with Gasteiger partial charge in [-0.3, -0.25) is 4.79 Å². The van der Waals surface area contributed by atoms with Crippen LogP contribution < -0.4 is 5.32 Å². The van der Waals surface area contributed by atoms with E-state index in [0.717, 1.165) is 22.4 Å². The van der Waals surface area contributed by atoms with Gasteiger partial charge in [0.1, 0.15) is 5.82 Å². The third-order valence-corrected chi connectivity index (χ3v) is 3.98. The molecule has 2 aromatic carbocycles. The molecule has 0 radical (unpaired) electrons. The molecular formula is C19H18N4O. The van der Waals surface area contributed by atoms with Crippen molar-refractivity contribution in [2.75, 3.05) is 0 Å². The van der Waals surface area contributed by atoms with Crippen molar-refractivity contribution in [3.8, 4) is 6.07 Å². The highest BCUT2D eigenvalue weighted by molar-refractivity contribution is 5.78. The zero-order valence-corrected chi connectivity index (χ0v) is 13.5. The molecule has 1 aromatic heterocycles. The first-order valence-electron chi connectivity index (χ1n) is 7.85. The molecule has 5 nitrogen and oxygen atoms in total. The van der Waals surface area contributed by atoms with Gasteiger partial charge in [0.15, 0.2) is 0 Å². The molecule has 0 saturated heterocycles. The standard InChI is InChI=1S/C19H18N4O/c1-14-22-17-4-2-3-5-18(17)23(14)11-10-19(24)21-13-16-8-6-15(12-20)7-9-16/h2-9H,10-11,13H2,1H3,(H,21,24). The Kier molecular flexibility index (Phi) is 4.57. The minimum absolute atomic E-state index is 0.00320. The molecule has 0 aliphatic heterocycles. The van der Waals surface area contributed by atoms with Gasteiger partial charge in [-0.25, -0.2) is 4.98 Å². The molecule has 24 heavy (non-hydrogen) atoms. The highest BCUT2D eigenvalue weighted by Crippen LogP contribution is 2.15. The van der Waals surface area contributed by atoms with Crippen LogP contribution in [0.4, 0.5) is 0 Å². The van der Waals surface area contributed by atoms with E-state index in [0.29, 0.717) is 25.1 Å². The molecular weight excluding hydrogens is 300 g/mol. The number of carbonyl (C=O) groups excluding carboxylic acids is 1. The second-order valence-electron chi connectivity index (χ2n) is 5.63. The van der Waals surface area contributed by atoms with Crippen LogP contribution >= 0.6 is 0 Å². The monoisotopic (exact) mass is 318 g/mol. The van der Waals surface area contributed by atoms with Crippen molar-refractivity contribution in [3.05, 3.63) is 65.5 Å². The lowest BCUT2D eigenvalue weighted by Gasteiger charge is -2.08. The Balaban J connectivity index is 1.57. The van der Waals surface area contributed by atoms with Crippen LogP contribution in [0, 0.1) is 18.3 Å². The molecule has 0 spiro atoms. The number of nitrogens with zero attached hydrogens (tertiary/aromatic N) is 3. The molecule has 3 rings (SSSR count). The Morgan fingerprint density at radius 1 is 1.21 bits per heavy atom. The predicted octanol–water partition coefficient (Wildman–Crippen LogP) is 2.92. The van der Waals surface area contributed by atoms with Crippen molar-refractivity contribution in [2.24, 2.45) is 0 Å². The molecule has 3 aromatic rings. The normalized spacial score (nSPS) is 10.5. The van der Waals surface area contributed by atoms with Crippen molar-refractivity contribution in [1.82, 2.24) is 14.9 Å². The lowest BCUT2D eigenvalue weighted by molar-refractivity contribution is -0.121. The van der Waals surface area contributed by atoms with Crippen molar-refractivity contribution in [1.29, 1.82) is 5.26 Å². The van der Waals surface area contributed by atoms with E-state index >= 15 is 0 Å². The average molecular weight is 318 g/mol. The van der Waals surface area contributed by atoms with Crippen LogP contribution in [-0.2, 0) is 17.9 Å². The number of rotatable bonds is 5. The van der Waals surface area contributed by atoms with Crippen molar-refractivity contribution in [2.45, 2.75) is 26.4 Å². The second-order valence-corrected chi connectivity index (χ2v) is 5.63. The van der Waals surface area contributed by atoms with Gasteiger partial charge in [-0.2, -0.15) is 5.26 Å². The van der Waals surface area contributed by atoms with Crippen molar-refractivity contribution in [3.63, 3.8) is 0 Å². The molecule has 0 aliphatic rings. The highest BCUT2D eigenvalue weighted by atomic mass is 16.1. The number of imidazole rings is 1. The zero-order valence-electron chi connectivity index (χ0n) is 13.5. The highest BCUT2D eigenvalue weighted by Gasteiger charge is 2.08. The van der Waals surface area contributed by atoms with Gasteiger partial charge in [-0.15, -0.1) is 0 Å². The van der Waals surface area contributed by atoms with E-state index in [9.17, 15) is 4.79 Å². The number of amides is 1. The summed E-state index contributed by atoms with van der Waals surface area (Å²) in [4.78, 5) is 16.6. The van der Waals surface area contributed by atoms with Crippen LogP contribution in [0.25, 0.3) is 11.0 Å². The maximum Gasteiger partial charge on any atom is 0.222 e. The van der Waals surface area contributed by atoms with Crippen LogP contribution in [0.3, 0.4) is 0 Å². The van der Waals surface area contributed by atoms with Crippen LogP contribution in [0.1, 0.15) is 23.4 Å². The van der Waals surface area contributed by atoms with Crippen LogP contribution in [0.15, 0.2) is 48.5 Å². The Morgan fingerprint density at radius 3 is 2.71 bits per heavy atom. The number of hydrogen-bond acceptors (Lipinski definition) is 3. The number of nitrogens with one attached hydrogen (secondary N) is 1. The largest absolute Gasteiger partial charge is 0.352 e. The number of nitriles is 1. The summed E-state index contributed by atoms with van der Waals surface area (Å²) in [7, 11) is 0. The lowest BCUT2D eigenvalue weighted by Crippen LogP contribution is -2.24. The van der Waals surface area contributed by atoms with Gasteiger partial charge in [0.05, 0.1) is 22.7 Å². The zero-order chi connectivity index (χ0) is 16.9. The first kappa shape index (κ1) is 15.8. The summed E-state index contributed by atoms with van der Waals surface area (Å²) < 4.78 is 2.07. The summed E-state index contributed by atoms with van der Waals surface area (Å²) in [5.74, 6) is 0.910. The first-order valence-corrected chi connectivity index (χ1v) is 7.85. The molecule has 1 amide bonds. The van der Waals surface area contributed by atoms with E-state index in [1.807, 2.05) is 43.3 Å². The molecule has 5 heteroatoms. The maximum absolute atomic E-state index is 12.1. The van der Waals surface area contributed by atoms with Gasteiger partial charge in [-0.1, -0.05) is 24.3 Å². The fourth-order valence-electron chi connectivity index (χ4n) is 2.68. The molecule has 0 fully saturated rings. The molecule has 0 bridgehead atoms. The van der Waals surface area contributed by atoms with Gasteiger partial charge in [0.2, 0.25) is 5.91 Å². The van der Waals surface area contributed by atoms with Crippen molar-refractivity contribution >= 4 is 16.9 Å². The SMILES string of the molecule is Cc1nc2ccccc2n1CCC(=O)NCc1ccc(C#N)cc1. The smallest absolute Gasteiger partial charge is 0.222 e. The predicted molar refractivity (Wildman–Crippen MR) is 92.1 cm³/mol. The summed E-state index contributed by atoms with van der Waals surface area (Å²) in [6, 6.07) is 17.2. The van der Waals surface area contributed by atoms with E-state index in [1.54, 1.807) is 12.1 Å². The minimum atomic E-state index is -0.00320. The van der Waals surface area contributed by atoms with Gasteiger partial charge < -0.3 is 9.88 Å². The van der Waals surface area contributed by atoms with E-state index in [2.05, 4.69) is 20.9 Å². The van der Waals surface area contributed by atoms with Gasteiger partial charge in [0, 0.05) is 19.5 Å². The van der Waals surface area contributed by atoms with Crippen LogP contribution in [0.2, 0.25) is 0 Å². The Labute approximate surface area is 140 Å². The number of benzene rings is 2. The van der Waals surface area contributed by atoms with E-state index < -0.39 is 0 Å². The van der Waals surface area contributed by atoms with Crippen LogP contribution in [0.5, 0.6) is 0 Å². The molecule has 1 heterocycles. The molecule has 0 aliphatic carbocycles. The number of aryl methyl sites for hydroxylation is 2. The quantitative estimate of drug-likeness (QED) is 0.786. The number of carbonyl (C=O) groups is 1. The summed E-state index contributed by atoms with van der Waals surface area (Å²) in [6.07, 6.45) is 0.400. The van der Waals surface area contributed by atoms with E-state index in [-0.39, 0.29) is 5.91 Å². The summed E-state index contributed by atoms with van der Waals surface area (Å²) >= 11 is 0. The lowest BCUT2D eigenvalue weighted by atomic mass is 10.1. The molecule has 0 saturated carbocycles. The molecule has 1 N–H and O–H groups in total. The Morgan fingerprint density at radius 2 is 1.96 bits per heavy atom. The third-order valence-electron chi connectivity index (χ3n) is 3.98. The van der Waals surface area contributed by atoms with E-state index in [4.69, 9.17) is 5.26 Å². The number of fused-ring (bicyclic) bond motifs is 1. The molecule has 0 atom stereocenters. The average Bonchev–Trinajstić information content (AvgIpc) is 2.93. The summed E-state index contributed by atoms with van der Waals surface area (Å²) in [5, 5.41) is 11.7. The van der Waals surface area contributed by atoms with Gasteiger partial charge >= 0.3 is 0 Å². The Bertz CT molecular complexity index is 903. The first-order chi connectivity index (χ1) is 11.7. The number of hydrogen-bond donors (Lipinski definition) is 1. The Hall–Kier alpha value is -3.13. The second kappa shape index (κ2) is 6.97. The van der Waals surface area contributed by atoms with Crippen LogP contribution in [-0.4, -0.2) is 15.5 Å². The molecule has 0 unspecified atom stereocenters.